The smallest absolute Gasteiger partial charge is 0.209 e. The molecule has 0 bridgehead atoms. The monoisotopic (exact) mass is 272 g/mol. The van der Waals surface area contributed by atoms with Crippen molar-refractivity contribution in [3.8, 4) is 11.3 Å². The van der Waals surface area contributed by atoms with E-state index >= 15 is 0 Å². The van der Waals surface area contributed by atoms with Gasteiger partial charge in [0.1, 0.15) is 0 Å². The fraction of sp³-hybridized carbons (Fsp3) is 0.438. The van der Waals surface area contributed by atoms with E-state index in [1.165, 1.54) is 0 Å². The number of hydrogen-bond acceptors (Lipinski definition) is 4. The number of hydrogen-bond donors (Lipinski definition) is 1. The lowest BCUT2D eigenvalue weighted by atomic mass is 9.95. The summed E-state index contributed by atoms with van der Waals surface area (Å²) in [5.74, 6) is 1.51. The number of nitrogens with zero attached hydrogens (tertiary/aromatic N) is 2. The average Bonchev–Trinajstić information content (AvgIpc) is 2.87. The Labute approximate surface area is 119 Å². The Morgan fingerprint density at radius 1 is 1.35 bits per heavy atom. The van der Waals surface area contributed by atoms with E-state index in [-0.39, 0.29) is 0 Å². The van der Waals surface area contributed by atoms with Crippen LogP contribution in [0.15, 0.2) is 40.9 Å². The Kier molecular flexibility index (Phi) is 3.59. The zero-order valence-corrected chi connectivity index (χ0v) is 11.7. The van der Waals surface area contributed by atoms with Crippen molar-refractivity contribution in [1.82, 2.24) is 9.88 Å². The molecule has 0 amide bonds. The zero-order valence-electron chi connectivity index (χ0n) is 11.7. The van der Waals surface area contributed by atoms with Gasteiger partial charge in [0.2, 0.25) is 5.89 Å². The third kappa shape index (κ3) is 3.08. The van der Waals surface area contributed by atoms with E-state index in [0.29, 0.717) is 19.0 Å². The lowest BCUT2D eigenvalue weighted by Gasteiger charge is -2.36. The van der Waals surface area contributed by atoms with Gasteiger partial charge in [0.15, 0.2) is 5.76 Å². The molecule has 1 aliphatic heterocycles. The number of β-amino-alcohol motifs (C(OH)–C–C–N with tert-alkyl or cyclic N) is 1. The van der Waals surface area contributed by atoms with E-state index in [4.69, 9.17) is 4.42 Å². The number of oxazole rings is 1. The molecule has 1 aliphatic rings. The van der Waals surface area contributed by atoms with Gasteiger partial charge in [-0.15, -0.1) is 0 Å². The average molecular weight is 272 g/mol. The number of rotatable bonds is 3. The van der Waals surface area contributed by atoms with E-state index < -0.39 is 5.60 Å². The molecular formula is C16H20N2O2. The summed E-state index contributed by atoms with van der Waals surface area (Å²) in [4.78, 5) is 6.54. The van der Waals surface area contributed by atoms with Crippen LogP contribution in [0.1, 0.15) is 25.7 Å². The van der Waals surface area contributed by atoms with Gasteiger partial charge < -0.3 is 9.52 Å². The van der Waals surface area contributed by atoms with Gasteiger partial charge in [0.05, 0.1) is 18.3 Å². The quantitative estimate of drug-likeness (QED) is 0.933. The lowest BCUT2D eigenvalue weighted by molar-refractivity contribution is -0.0202. The molecule has 0 radical (unpaired) electrons. The molecule has 20 heavy (non-hydrogen) atoms. The fourth-order valence-corrected chi connectivity index (χ4v) is 2.77. The van der Waals surface area contributed by atoms with Crippen molar-refractivity contribution >= 4 is 0 Å². The molecule has 4 nitrogen and oxygen atoms in total. The van der Waals surface area contributed by atoms with Crippen LogP contribution in [-0.4, -0.2) is 33.7 Å². The van der Waals surface area contributed by atoms with Crippen LogP contribution in [0.3, 0.4) is 0 Å². The van der Waals surface area contributed by atoms with Crippen LogP contribution in [0.25, 0.3) is 11.3 Å². The number of benzene rings is 1. The third-order valence-electron chi connectivity index (χ3n) is 3.72. The van der Waals surface area contributed by atoms with Crippen molar-refractivity contribution in [1.29, 1.82) is 0 Å². The second-order valence-corrected chi connectivity index (χ2v) is 5.80. The first-order valence-corrected chi connectivity index (χ1v) is 7.07. The molecule has 1 fully saturated rings. The Balaban J connectivity index is 1.69. The summed E-state index contributed by atoms with van der Waals surface area (Å²) in [5, 5.41) is 10.1. The Morgan fingerprint density at radius 2 is 2.15 bits per heavy atom. The van der Waals surface area contributed by atoms with Crippen LogP contribution >= 0.6 is 0 Å². The molecule has 0 saturated carbocycles. The molecule has 1 unspecified atom stereocenters. The summed E-state index contributed by atoms with van der Waals surface area (Å²) < 4.78 is 5.81. The molecule has 1 N–H and O–H groups in total. The highest BCUT2D eigenvalue weighted by atomic mass is 16.4. The molecule has 3 rings (SSSR count). The van der Waals surface area contributed by atoms with E-state index in [2.05, 4.69) is 9.88 Å². The predicted octanol–water partition coefficient (Wildman–Crippen LogP) is 2.69. The maximum absolute atomic E-state index is 10.1. The summed E-state index contributed by atoms with van der Waals surface area (Å²) in [5.41, 5.74) is 0.449. The Morgan fingerprint density at radius 3 is 2.90 bits per heavy atom. The number of aliphatic hydroxyl groups is 1. The highest BCUT2D eigenvalue weighted by molar-refractivity contribution is 5.55. The molecule has 1 aromatic carbocycles. The third-order valence-corrected chi connectivity index (χ3v) is 3.72. The molecular weight excluding hydrogens is 252 g/mol. The van der Waals surface area contributed by atoms with Gasteiger partial charge in [-0.05, 0) is 26.3 Å². The van der Waals surface area contributed by atoms with Gasteiger partial charge in [-0.2, -0.15) is 0 Å². The first-order chi connectivity index (χ1) is 9.62. The van der Waals surface area contributed by atoms with Gasteiger partial charge in [-0.25, -0.2) is 4.98 Å². The summed E-state index contributed by atoms with van der Waals surface area (Å²) in [6.45, 7) is 4.21. The highest BCUT2D eigenvalue weighted by Gasteiger charge is 2.28. The van der Waals surface area contributed by atoms with Crippen molar-refractivity contribution < 1.29 is 9.52 Å². The minimum Gasteiger partial charge on any atom is -0.439 e. The van der Waals surface area contributed by atoms with E-state index in [0.717, 1.165) is 30.7 Å². The molecule has 1 aromatic heterocycles. The van der Waals surface area contributed by atoms with E-state index in [1.54, 1.807) is 6.20 Å². The second-order valence-electron chi connectivity index (χ2n) is 5.80. The minimum absolute atomic E-state index is 0.590. The summed E-state index contributed by atoms with van der Waals surface area (Å²) in [7, 11) is 0. The molecule has 2 aromatic rings. The van der Waals surface area contributed by atoms with Crippen LogP contribution in [0.5, 0.6) is 0 Å². The predicted molar refractivity (Wildman–Crippen MR) is 77.1 cm³/mol. The first-order valence-electron chi connectivity index (χ1n) is 7.07. The molecule has 1 saturated heterocycles. The standard InChI is InChI=1S/C16H20N2O2/c1-16(19)8-5-9-18(12-16)11-15-17-10-14(20-15)13-6-3-2-4-7-13/h2-4,6-7,10,19H,5,8-9,11-12H2,1H3. The normalized spacial score (nSPS) is 23.9. The minimum atomic E-state index is -0.590. The van der Waals surface area contributed by atoms with Gasteiger partial charge in [-0.3, -0.25) is 4.90 Å². The molecule has 2 heterocycles. The van der Waals surface area contributed by atoms with E-state index in [1.807, 2.05) is 37.3 Å². The second kappa shape index (κ2) is 5.38. The Bertz CT molecular complexity index is 563. The SMILES string of the molecule is CC1(O)CCCN(Cc2ncc(-c3ccccc3)o2)C1. The van der Waals surface area contributed by atoms with Crippen molar-refractivity contribution in [2.75, 3.05) is 13.1 Å². The largest absolute Gasteiger partial charge is 0.439 e. The van der Waals surface area contributed by atoms with Crippen molar-refractivity contribution in [2.24, 2.45) is 0 Å². The Hall–Kier alpha value is -1.65. The molecule has 4 heteroatoms. The van der Waals surface area contributed by atoms with Crippen LogP contribution in [0, 0.1) is 0 Å². The molecule has 0 aliphatic carbocycles. The molecule has 0 spiro atoms. The topological polar surface area (TPSA) is 49.5 Å². The van der Waals surface area contributed by atoms with Gasteiger partial charge >= 0.3 is 0 Å². The van der Waals surface area contributed by atoms with Gasteiger partial charge in [0.25, 0.3) is 0 Å². The number of likely N-dealkylation sites (tertiary alicyclic amines) is 1. The zero-order chi connectivity index (χ0) is 14.0. The number of aromatic nitrogens is 1. The van der Waals surface area contributed by atoms with Gasteiger partial charge in [0, 0.05) is 12.1 Å². The summed E-state index contributed by atoms with van der Waals surface area (Å²) in [6, 6.07) is 9.97. The van der Waals surface area contributed by atoms with Crippen molar-refractivity contribution in [3.63, 3.8) is 0 Å². The lowest BCUT2D eigenvalue weighted by Crippen LogP contribution is -2.45. The van der Waals surface area contributed by atoms with Crippen LogP contribution in [0.4, 0.5) is 0 Å². The first kappa shape index (κ1) is 13.3. The highest BCUT2D eigenvalue weighted by Crippen LogP contribution is 2.24. The van der Waals surface area contributed by atoms with Crippen LogP contribution in [0.2, 0.25) is 0 Å². The molecule has 106 valence electrons. The van der Waals surface area contributed by atoms with Crippen LogP contribution in [-0.2, 0) is 6.54 Å². The van der Waals surface area contributed by atoms with Crippen molar-refractivity contribution in [2.45, 2.75) is 31.9 Å². The maximum Gasteiger partial charge on any atom is 0.209 e. The fourth-order valence-electron chi connectivity index (χ4n) is 2.77. The molecule has 1 atom stereocenters. The van der Waals surface area contributed by atoms with Gasteiger partial charge in [-0.1, -0.05) is 30.3 Å². The van der Waals surface area contributed by atoms with Crippen LogP contribution < -0.4 is 0 Å². The summed E-state index contributed by atoms with van der Waals surface area (Å²) >= 11 is 0. The van der Waals surface area contributed by atoms with Crippen molar-refractivity contribution in [3.05, 3.63) is 42.4 Å². The summed E-state index contributed by atoms with van der Waals surface area (Å²) in [6.07, 6.45) is 3.65. The van der Waals surface area contributed by atoms with E-state index in [9.17, 15) is 5.11 Å². The number of piperidine rings is 1. The maximum atomic E-state index is 10.1.